The number of hydrogen-bond donors (Lipinski definition) is 2. The number of aryl methyl sites for hydroxylation is 1. The monoisotopic (exact) mass is 301 g/mol. The fourth-order valence-electron chi connectivity index (χ4n) is 2.33. The Morgan fingerprint density at radius 3 is 2.40 bits per heavy atom. The number of imidazole rings is 1. The zero-order chi connectivity index (χ0) is 15.0. The van der Waals surface area contributed by atoms with Crippen molar-refractivity contribution in [2.24, 2.45) is 5.73 Å². The number of nitrogens with zero attached hydrogens (tertiary/aromatic N) is 3. The van der Waals surface area contributed by atoms with Crippen molar-refractivity contribution in [3.63, 3.8) is 0 Å². The van der Waals surface area contributed by atoms with E-state index in [4.69, 9.17) is 5.73 Å². The highest BCUT2D eigenvalue weighted by atomic mass is 32.2. The minimum atomic E-state index is -3.46. The molecule has 20 heavy (non-hydrogen) atoms. The van der Waals surface area contributed by atoms with E-state index in [-0.39, 0.29) is 10.6 Å². The standard InChI is InChI=1S/C12H23N5O2S/c1-10-14-8-11(15-10)20(18,19)17-6-4-16(5-7-17)12(2,3)9-13/h8H,4-7,9,13H2,1-3H3,(H,14,15). The molecule has 3 N–H and O–H groups in total. The zero-order valence-corrected chi connectivity index (χ0v) is 13.1. The van der Waals surface area contributed by atoms with E-state index in [0.29, 0.717) is 38.5 Å². The summed E-state index contributed by atoms with van der Waals surface area (Å²) in [7, 11) is -3.46. The number of piperazine rings is 1. The SMILES string of the molecule is Cc1ncc(S(=O)(=O)N2CCN(C(C)(C)CN)CC2)[nH]1. The quantitative estimate of drug-likeness (QED) is 0.800. The van der Waals surface area contributed by atoms with Crippen LogP contribution >= 0.6 is 0 Å². The summed E-state index contributed by atoms with van der Waals surface area (Å²) in [5, 5.41) is 0.168. The maximum atomic E-state index is 12.4. The van der Waals surface area contributed by atoms with Crippen LogP contribution in [-0.4, -0.2) is 65.9 Å². The molecule has 0 unspecified atom stereocenters. The van der Waals surface area contributed by atoms with Gasteiger partial charge in [-0.05, 0) is 20.8 Å². The van der Waals surface area contributed by atoms with Crippen molar-refractivity contribution < 1.29 is 8.42 Å². The third kappa shape index (κ3) is 2.88. The second kappa shape index (κ2) is 5.44. The van der Waals surface area contributed by atoms with E-state index in [9.17, 15) is 8.42 Å². The second-order valence-electron chi connectivity index (χ2n) is 5.74. The number of hydrogen-bond acceptors (Lipinski definition) is 5. The first-order valence-electron chi connectivity index (χ1n) is 6.74. The van der Waals surface area contributed by atoms with Gasteiger partial charge in [0.15, 0.2) is 5.03 Å². The van der Waals surface area contributed by atoms with Gasteiger partial charge in [0.1, 0.15) is 5.82 Å². The molecule has 1 aliphatic rings. The van der Waals surface area contributed by atoms with Crippen LogP contribution in [0.1, 0.15) is 19.7 Å². The van der Waals surface area contributed by atoms with E-state index >= 15 is 0 Å². The van der Waals surface area contributed by atoms with Crippen molar-refractivity contribution in [2.75, 3.05) is 32.7 Å². The van der Waals surface area contributed by atoms with Crippen molar-refractivity contribution >= 4 is 10.0 Å². The predicted molar refractivity (Wildman–Crippen MR) is 76.8 cm³/mol. The first-order chi connectivity index (χ1) is 9.27. The van der Waals surface area contributed by atoms with Crippen molar-refractivity contribution in [3.8, 4) is 0 Å². The van der Waals surface area contributed by atoms with Gasteiger partial charge in [0.05, 0.1) is 6.20 Å². The smallest absolute Gasteiger partial charge is 0.260 e. The maximum Gasteiger partial charge on any atom is 0.260 e. The van der Waals surface area contributed by atoms with Crippen LogP contribution in [0.3, 0.4) is 0 Å². The van der Waals surface area contributed by atoms with Crippen LogP contribution in [0.4, 0.5) is 0 Å². The molecule has 114 valence electrons. The first kappa shape index (κ1) is 15.4. The molecule has 1 saturated heterocycles. The molecular weight excluding hydrogens is 278 g/mol. The van der Waals surface area contributed by atoms with E-state index in [1.165, 1.54) is 10.5 Å². The summed E-state index contributed by atoms with van der Waals surface area (Å²) < 4.78 is 26.4. The molecule has 2 heterocycles. The van der Waals surface area contributed by atoms with E-state index in [2.05, 4.69) is 28.7 Å². The molecule has 0 amide bonds. The molecule has 0 bridgehead atoms. The number of nitrogens with one attached hydrogen (secondary N) is 1. The first-order valence-corrected chi connectivity index (χ1v) is 8.18. The summed E-state index contributed by atoms with van der Waals surface area (Å²) in [4.78, 5) is 8.98. The molecule has 1 aliphatic heterocycles. The Labute approximate surface area is 120 Å². The number of aromatic nitrogens is 2. The summed E-state index contributed by atoms with van der Waals surface area (Å²) in [6.07, 6.45) is 1.38. The number of nitrogens with two attached hydrogens (primary N) is 1. The molecule has 2 rings (SSSR count). The van der Waals surface area contributed by atoms with Crippen LogP contribution in [0.15, 0.2) is 11.2 Å². The number of aromatic amines is 1. The molecule has 0 saturated carbocycles. The van der Waals surface area contributed by atoms with E-state index in [1.54, 1.807) is 6.92 Å². The van der Waals surface area contributed by atoms with Gasteiger partial charge in [-0.1, -0.05) is 0 Å². The minimum absolute atomic E-state index is 0.0968. The fraction of sp³-hybridized carbons (Fsp3) is 0.750. The Morgan fingerprint density at radius 2 is 1.95 bits per heavy atom. The Kier molecular flexibility index (Phi) is 4.19. The lowest BCUT2D eigenvalue weighted by Gasteiger charge is -2.42. The molecule has 1 aromatic heterocycles. The molecule has 8 heteroatoms. The Balaban J connectivity index is 2.07. The van der Waals surface area contributed by atoms with Crippen molar-refractivity contribution in [1.29, 1.82) is 0 Å². The van der Waals surface area contributed by atoms with Crippen molar-refractivity contribution in [2.45, 2.75) is 31.3 Å². The highest BCUT2D eigenvalue weighted by Gasteiger charge is 2.34. The minimum Gasteiger partial charge on any atom is -0.332 e. The number of sulfonamides is 1. The summed E-state index contributed by atoms with van der Waals surface area (Å²) in [5.41, 5.74) is 5.67. The van der Waals surface area contributed by atoms with Crippen LogP contribution in [-0.2, 0) is 10.0 Å². The van der Waals surface area contributed by atoms with Crippen LogP contribution in [0.2, 0.25) is 0 Å². The Bertz CT molecular complexity index is 558. The summed E-state index contributed by atoms with van der Waals surface area (Å²) in [6.45, 7) is 8.78. The molecule has 0 radical (unpaired) electrons. The van der Waals surface area contributed by atoms with Crippen LogP contribution in [0, 0.1) is 6.92 Å². The van der Waals surface area contributed by atoms with E-state index < -0.39 is 10.0 Å². The molecular formula is C12H23N5O2S. The third-order valence-electron chi connectivity index (χ3n) is 3.89. The second-order valence-corrected chi connectivity index (χ2v) is 7.65. The summed E-state index contributed by atoms with van der Waals surface area (Å²) >= 11 is 0. The van der Waals surface area contributed by atoms with Gasteiger partial charge < -0.3 is 10.7 Å². The van der Waals surface area contributed by atoms with Gasteiger partial charge in [-0.15, -0.1) is 0 Å². The van der Waals surface area contributed by atoms with Gasteiger partial charge in [0.25, 0.3) is 10.0 Å². The molecule has 0 aromatic carbocycles. The normalized spacial score (nSPS) is 19.4. The van der Waals surface area contributed by atoms with Gasteiger partial charge in [0.2, 0.25) is 0 Å². The van der Waals surface area contributed by atoms with Gasteiger partial charge >= 0.3 is 0 Å². The van der Waals surface area contributed by atoms with Crippen LogP contribution in [0.25, 0.3) is 0 Å². The maximum absolute atomic E-state index is 12.4. The van der Waals surface area contributed by atoms with Gasteiger partial charge in [-0.25, -0.2) is 13.4 Å². The van der Waals surface area contributed by atoms with Gasteiger partial charge in [0, 0.05) is 38.3 Å². The highest BCUT2D eigenvalue weighted by Crippen LogP contribution is 2.20. The van der Waals surface area contributed by atoms with E-state index in [1.807, 2.05) is 0 Å². The van der Waals surface area contributed by atoms with Crippen LogP contribution in [0.5, 0.6) is 0 Å². The molecule has 1 aromatic rings. The Morgan fingerprint density at radius 1 is 1.35 bits per heavy atom. The molecule has 1 fully saturated rings. The lowest BCUT2D eigenvalue weighted by molar-refractivity contribution is 0.0849. The molecule has 7 nitrogen and oxygen atoms in total. The Hall–Kier alpha value is -0.960. The van der Waals surface area contributed by atoms with Crippen molar-refractivity contribution in [3.05, 3.63) is 12.0 Å². The largest absolute Gasteiger partial charge is 0.332 e. The molecule has 0 atom stereocenters. The zero-order valence-electron chi connectivity index (χ0n) is 12.3. The van der Waals surface area contributed by atoms with Crippen LogP contribution < -0.4 is 5.73 Å². The summed E-state index contributed by atoms with van der Waals surface area (Å²) in [5.74, 6) is 0.603. The molecule has 0 spiro atoms. The average molecular weight is 301 g/mol. The third-order valence-corrected chi connectivity index (χ3v) is 5.70. The lowest BCUT2D eigenvalue weighted by atomic mass is 10.0. The van der Waals surface area contributed by atoms with Gasteiger partial charge in [-0.2, -0.15) is 4.31 Å². The van der Waals surface area contributed by atoms with Crippen molar-refractivity contribution in [1.82, 2.24) is 19.2 Å². The number of H-pyrrole nitrogens is 1. The summed E-state index contributed by atoms with van der Waals surface area (Å²) in [6, 6.07) is 0. The predicted octanol–water partition coefficient (Wildman–Crippen LogP) is -0.238. The van der Waals surface area contributed by atoms with E-state index in [0.717, 1.165) is 0 Å². The topological polar surface area (TPSA) is 95.3 Å². The number of rotatable bonds is 4. The van der Waals surface area contributed by atoms with Gasteiger partial charge in [-0.3, -0.25) is 4.90 Å². The lowest BCUT2D eigenvalue weighted by Crippen LogP contribution is -2.58. The highest BCUT2D eigenvalue weighted by molar-refractivity contribution is 7.89. The fourth-order valence-corrected chi connectivity index (χ4v) is 3.72. The average Bonchev–Trinajstić information content (AvgIpc) is 2.86. The molecule has 0 aliphatic carbocycles.